The van der Waals surface area contributed by atoms with Crippen LogP contribution in [-0.4, -0.2) is 50.9 Å². The first-order valence-electron chi connectivity index (χ1n) is 7.36. The quantitative estimate of drug-likeness (QED) is 0.897. The third kappa shape index (κ3) is 2.90. The van der Waals surface area contributed by atoms with E-state index < -0.39 is 0 Å². The van der Waals surface area contributed by atoms with Crippen molar-refractivity contribution in [3.63, 3.8) is 0 Å². The third-order valence-corrected chi connectivity index (χ3v) is 3.80. The molecule has 0 aliphatic carbocycles. The lowest BCUT2D eigenvalue weighted by Gasteiger charge is -2.21. The summed E-state index contributed by atoms with van der Waals surface area (Å²) < 4.78 is 1.73. The molecule has 1 aliphatic rings. The Kier molecular flexibility index (Phi) is 3.82. The molecule has 108 valence electrons. The maximum absolute atomic E-state index is 4.35. The predicted octanol–water partition coefficient (Wildman–Crippen LogP) is 1.58. The van der Waals surface area contributed by atoms with E-state index >= 15 is 0 Å². The summed E-state index contributed by atoms with van der Waals surface area (Å²) in [5.74, 6) is 0.615. The molecule has 6 heteroatoms. The second-order valence-corrected chi connectivity index (χ2v) is 5.79. The van der Waals surface area contributed by atoms with Crippen molar-refractivity contribution in [1.29, 1.82) is 0 Å². The molecule has 6 nitrogen and oxygen atoms in total. The molecule has 0 radical (unpaired) electrons. The van der Waals surface area contributed by atoms with Crippen LogP contribution < -0.4 is 5.32 Å². The van der Waals surface area contributed by atoms with Crippen molar-refractivity contribution in [2.24, 2.45) is 5.92 Å². The summed E-state index contributed by atoms with van der Waals surface area (Å²) in [6.45, 7) is 8.90. The van der Waals surface area contributed by atoms with Crippen LogP contribution in [0.15, 0.2) is 12.4 Å². The van der Waals surface area contributed by atoms with Gasteiger partial charge in [-0.1, -0.05) is 6.92 Å². The molecule has 3 heterocycles. The lowest BCUT2D eigenvalue weighted by atomic mass is 10.1. The molecule has 0 spiro atoms. The number of hydrogen-bond acceptors (Lipinski definition) is 5. The maximum Gasteiger partial charge on any atom is 0.200 e. The summed E-state index contributed by atoms with van der Waals surface area (Å²) in [6, 6.07) is 2.03. The minimum atomic E-state index is 0.615. The lowest BCUT2D eigenvalue weighted by Crippen LogP contribution is -2.29. The minimum Gasteiger partial charge on any atom is -0.382 e. The highest BCUT2D eigenvalue weighted by atomic mass is 15.3. The monoisotopic (exact) mass is 274 g/mol. The summed E-state index contributed by atoms with van der Waals surface area (Å²) in [6.07, 6.45) is 4.34. The van der Waals surface area contributed by atoms with Gasteiger partial charge in [-0.3, -0.25) is 0 Å². The first-order valence-corrected chi connectivity index (χ1v) is 7.36. The van der Waals surface area contributed by atoms with Gasteiger partial charge >= 0.3 is 0 Å². The molecule has 0 amide bonds. The van der Waals surface area contributed by atoms with E-state index in [1.807, 2.05) is 13.0 Å². The highest BCUT2D eigenvalue weighted by Crippen LogP contribution is 2.16. The molecule has 2 aromatic heterocycles. The second kappa shape index (κ2) is 5.75. The highest BCUT2D eigenvalue weighted by molar-refractivity contribution is 5.66. The molecule has 0 aromatic carbocycles. The molecular weight excluding hydrogens is 252 g/mol. The molecule has 1 N–H and O–H groups in total. The second-order valence-electron chi connectivity index (χ2n) is 5.79. The van der Waals surface area contributed by atoms with Gasteiger partial charge in [-0.25, -0.2) is 0 Å². The first-order chi connectivity index (χ1) is 9.72. The number of hydrogen-bond donors (Lipinski definition) is 1. The van der Waals surface area contributed by atoms with Gasteiger partial charge < -0.3 is 10.2 Å². The third-order valence-electron chi connectivity index (χ3n) is 3.80. The van der Waals surface area contributed by atoms with Crippen molar-refractivity contribution in [3.8, 4) is 0 Å². The Morgan fingerprint density at radius 1 is 1.35 bits per heavy atom. The summed E-state index contributed by atoms with van der Waals surface area (Å²) in [5.41, 5.74) is 2.78. The topological polar surface area (TPSA) is 58.3 Å². The van der Waals surface area contributed by atoms with Gasteiger partial charge in [-0.15, -0.1) is 10.2 Å². The van der Waals surface area contributed by atoms with E-state index in [2.05, 4.69) is 32.4 Å². The van der Waals surface area contributed by atoms with Gasteiger partial charge in [0.15, 0.2) is 0 Å². The van der Waals surface area contributed by atoms with Crippen LogP contribution in [0.1, 0.15) is 25.5 Å². The molecule has 0 bridgehead atoms. The molecule has 1 atom stereocenters. The molecular formula is C14H22N6. The lowest BCUT2D eigenvalue weighted by molar-refractivity contribution is 0.294. The van der Waals surface area contributed by atoms with Crippen LogP contribution in [0.25, 0.3) is 5.65 Å². The number of likely N-dealkylation sites (tertiary alicyclic amines) is 1. The number of nitrogens with one attached hydrogen (secondary N) is 1. The predicted molar refractivity (Wildman–Crippen MR) is 78.8 cm³/mol. The van der Waals surface area contributed by atoms with Crippen LogP contribution in [0.4, 0.5) is 5.69 Å². The van der Waals surface area contributed by atoms with Gasteiger partial charge in [0.25, 0.3) is 0 Å². The minimum absolute atomic E-state index is 0.615. The largest absolute Gasteiger partial charge is 0.382 e. The van der Waals surface area contributed by atoms with Crippen molar-refractivity contribution < 1.29 is 0 Å². The Hall–Kier alpha value is -1.69. The highest BCUT2D eigenvalue weighted by Gasteiger charge is 2.15. The van der Waals surface area contributed by atoms with E-state index in [0.717, 1.165) is 23.6 Å². The van der Waals surface area contributed by atoms with Crippen LogP contribution in [-0.2, 0) is 0 Å². The molecule has 1 aliphatic heterocycles. The number of rotatable bonds is 5. The van der Waals surface area contributed by atoms with Gasteiger partial charge in [0.05, 0.1) is 11.4 Å². The van der Waals surface area contributed by atoms with Gasteiger partial charge in [0.2, 0.25) is 5.65 Å². The van der Waals surface area contributed by atoms with Gasteiger partial charge in [-0.05, 0) is 44.8 Å². The van der Waals surface area contributed by atoms with Crippen molar-refractivity contribution in [3.05, 3.63) is 18.1 Å². The summed E-state index contributed by atoms with van der Waals surface area (Å²) in [7, 11) is 0. The van der Waals surface area contributed by atoms with Gasteiger partial charge in [0, 0.05) is 13.1 Å². The van der Waals surface area contributed by atoms with E-state index in [4.69, 9.17) is 0 Å². The summed E-state index contributed by atoms with van der Waals surface area (Å²) in [4.78, 5) is 2.55. The maximum atomic E-state index is 4.35. The molecule has 2 aromatic rings. The van der Waals surface area contributed by atoms with Crippen LogP contribution in [0.3, 0.4) is 0 Å². The van der Waals surface area contributed by atoms with E-state index in [0.29, 0.717) is 5.92 Å². The Balaban J connectivity index is 1.62. The zero-order chi connectivity index (χ0) is 13.9. The molecule has 3 rings (SSSR count). The normalized spacial score (nSPS) is 17.7. The average Bonchev–Trinajstić information content (AvgIpc) is 3.06. The van der Waals surface area contributed by atoms with Gasteiger partial charge in [0.1, 0.15) is 6.33 Å². The first kappa shape index (κ1) is 13.3. The average molecular weight is 274 g/mol. The van der Waals surface area contributed by atoms with Crippen molar-refractivity contribution in [2.45, 2.75) is 26.7 Å². The number of fused-ring (bicyclic) bond motifs is 1. The van der Waals surface area contributed by atoms with E-state index in [1.54, 1.807) is 10.8 Å². The standard InChI is InChI=1S/C14H22N6/c1-11(9-19-5-3-4-6-19)8-15-13-7-12(2)18-20-10-16-17-14(13)20/h7,10-11,15H,3-6,8-9H2,1-2H3. The molecule has 1 unspecified atom stereocenters. The Morgan fingerprint density at radius 2 is 2.15 bits per heavy atom. The number of nitrogens with zero attached hydrogens (tertiary/aromatic N) is 5. The van der Waals surface area contributed by atoms with Crippen LogP contribution in [0, 0.1) is 12.8 Å². The Morgan fingerprint density at radius 3 is 2.95 bits per heavy atom. The Bertz CT molecular complexity index is 572. The number of aromatic nitrogens is 4. The van der Waals surface area contributed by atoms with Crippen molar-refractivity contribution >= 4 is 11.3 Å². The zero-order valence-electron chi connectivity index (χ0n) is 12.2. The van der Waals surface area contributed by atoms with E-state index in [9.17, 15) is 0 Å². The summed E-state index contributed by atoms with van der Waals surface area (Å²) >= 11 is 0. The van der Waals surface area contributed by atoms with Gasteiger partial charge in [-0.2, -0.15) is 9.61 Å². The number of anilines is 1. The summed E-state index contributed by atoms with van der Waals surface area (Å²) in [5, 5.41) is 15.9. The SMILES string of the molecule is Cc1cc(NCC(C)CN2CCCC2)c2nncn2n1. The van der Waals surface area contributed by atoms with Crippen molar-refractivity contribution in [2.75, 3.05) is 31.5 Å². The van der Waals surface area contributed by atoms with Crippen LogP contribution in [0.2, 0.25) is 0 Å². The molecule has 1 saturated heterocycles. The smallest absolute Gasteiger partial charge is 0.200 e. The number of aryl methyl sites for hydroxylation is 1. The van der Waals surface area contributed by atoms with Crippen molar-refractivity contribution in [1.82, 2.24) is 24.7 Å². The zero-order valence-corrected chi connectivity index (χ0v) is 12.2. The Labute approximate surface area is 119 Å². The van der Waals surface area contributed by atoms with Crippen LogP contribution in [0.5, 0.6) is 0 Å². The molecule has 20 heavy (non-hydrogen) atoms. The molecule has 1 fully saturated rings. The fourth-order valence-corrected chi connectivity index (χ4v) is 2.84. The van der Waals surface area contributed by atoms with E-state index in [-0.39, 0.29) is 0 Å². The fraction of sp³-hybridized carbons (Fsp3) is 0.643. The van der Waals surface area contributed by atoms with Crippen LogP contribution >= 0.6 is 0 Å². The fourth-order valence-electron chi connectivity index (χ4n) is 2.84. The van der Waals surface area contributed by atoms with E-state index in [1.165, 1.54) is 32.5 Å². The molecule has 0 saturated carbocycles.